The summed E-state index contributed by atoms with van der Waals surface area (Å²) in [6.07, 6.45) is 6.31. The van der Waals surface area contributed by atoms with Gasteiger partial charge in [0, 0.05) is 38.0 Å². The molecule has 0 unspecified atom stereocenters. The van der Waals surface area contributed by atoms with E-state index in [-0.39, 0.29) is 0 Å². The van der Waals surface area contributed by atoms with Crippen molar-refractivity contribution >= 4 is 22.4 Å². The third kappa shape index (κ3) is 2.75. The number of aromatic nitrogens is 1. The van der Waals surface area contributed by atoms with Crippen LogP contribution in [0.3, 0.4) is 0 Å². The molecule has 2 heterocycles. The molecule has 2 aliphatic carbocycles. The van der Waals surface area contributed by atoms with Gasteiger partial charge in [-0.05, 0) is 43.9 Å². The van der Waals surface area contributed by atoms with Gasteiger partial charge in [-0.25, -0.2) is 4.98 Å². The van der Waals surface area contributed by atoms with E-state index in [0.717, 1.165) is 55.3 Å². The number of piperazine rings is 1. The normalized spacial score (nSPS) is 31.0. The summed E-state index contributed by atoms with van der Waals surface area (Å²) in [7, 11) is 0. The fourth-order valence-corrected chi connectivity index (χ4v) is 5.47. The second-order valence-corrected chi connectivity index (χ2v) is 8.11. The van der Waals surface area contributed by atoms with Gasteiger partial charge in [-0.3, -0.25) is 4.79 Å². The fraction of sp³-hybridized carbons (Fsp3) is 0.765. The van der Waals surface area contributed by atoms with E-state index >= 15 is 0 Å². The molecule has 1 aliphatic heterocycles. The van der Waals surface area contributed by atoms with Gasteiger partial charge in [0.2, 0.25) is 5.91 Å². The summed E-state index contributed by atoms with van der Waals surface area (Å²) in [5, 5.41) is 3.21. The van der Waals surface area contributed by atoms with Crippen molar-refractivity contribution in [1.82, 2.24) is 9.88 Å². The summed E-state index contributed by atoms with van der Waals surface area (Å²) in [6.45, 7) is 5.61. The second kappa shape index (κ2) is 5.84. The third-order valence-electron chi connectivity index (χ3n) is 5.83. The Bertz CT molecular complexity index is 550. The minimum absolute atomic E-state index is 0.396. The molecule has 3 aliphatic rings. The molecule has 5 heteroatoms. The summed E-state index contributed by atoms with van der Waals surface area (Å²) in [6, 6.07) is 0. The number of thiazole rings is 1. The molecule has 22 heavy (non-hydrogen) atoms. The molecule has 1 saturated heterocycles. The quantitative estimate of drug-likeness (QED) is 0.859. The van der Waals surface area contributed by atoms with Gasteiger partial charge in [0.15, 0.2) is 5.13 Å². The van der Waals surface area contributed by atoms with E-state index in [1.54, 1.807) is 11.3 Å². The number of aryl methyl sites for hydroxylation is 1. The predicted molar refractivity (Wildman–Crippen MR) is 89.2 cm³/mol. The van der Waals surface area contributed by atoms with E-state index in [4.69, 9.17) is 0 Å². The zero-order valence-electron chi connectivity index (χ0n) is 13.3. The van der Waals surface area contributed by atoms with E-state index in [1.807, 2.05) is 6.92 Å². The Morgan fingerprint density at radius 1 is 1.27 bits per heavy atom. The minimum atomic E-state index is 0.396. The van der Waals surface area contributed by atoms with E-state index < -0.39 is 0 Å². The predicted octanol–water partition coefficient (Wildman–Crippen LogP) is 2.93. The largest absolute Gasteiger partial charge is 0.345 e. The van der Waals surface area contributed by atoms with Gasteiger partial charge in [-0.15, -0.1) is 11.3 Å². The van der Waals surface area contributed by atoms with Crippen LogP contribution in [-0.2, 0) is 4.79 Å². The fourth-order valence-electron chi connectivity index (χ4n) is 4.61. The van der Waals surface area contributed by atoms with Crippen LogP contribution in [0.15, 0.2) is 5.38 Å². The molecular formula is C17H25N3OS. The van der Waals surface area contributed by atoms with Crippen LogP contribution in [0.2, 0.25) is 0 Å². The first kappa shape index (κ1) is 14.5. The lowest BCUT2D eigenvalue weighted by atomic mass is 9.86. The highest BCUT2D eigenvalue weighted by atomic mass is 32.1. The number of amides is 1. The van der Waals surface area contributed by atoms with Crippen LogP contribution >= 0.6 is 11.3 Å². The van der Waals surface area contributed by atoms with Crippen molar-refractivity contribution in [1.29, 1.82) is 0 Å². The van der Waals surface area contributed by atoms with Crippen molar-refractivity contribution in [2.24, 2.45) is 17.8 Å². The van der Waals surface area contributed by atoms with E-state index in [2.05, 4.69) is 20.2 Å². The standard InChI is InChI=1S/C17H25N3OS/c1-12-11-22-17(18-12)20-6-4-19(5-7-20)16(21)10-15-9-13-2-3-14(15)8-13/h11,13-15H,2-10H2,1H3/t13-,14-,15+/m0/s1. The molecule has 2 bridgehead atoms. The van der Waals surface area contributed by atoms with Crippen LogP contribution in [-0.4, -0.2) is 42.0 Å². The summed E-state index contributed by atoms with van der Waals surface area (Å²) >= 11 is 1.71. The number of fused-ring (bicyclic) bond motifs is 2. The Kier molecular flexibility index (Phi) is 3.84. The monoisotopic (exact) mass is 319 g/mol. The van der Waals surface area contributed by atoms with Gasteiger partial charge in [0.05, 0.1) is 5.69 Å². The molecule has 3 fully saturated rings. The van der Waals surface area contributed by atoms with Crippen LogP contribution in [0.1, 0.15) is 37.8 Å². The van der Waals surface area contributed by atoms with Gasteiger partial charge in [0.25, 0.3) is 0 Å². The molecule has 4 nitrogen and oxygen atoms in total. The molecule has 2 saturated carbocycles. The molecule has 120 valence electrons. The SMILES string of the molecule is Cc1csc(N2CCN(C(=O)C[C@H]3C[C@H]4CC[C@H]3C4)CC2)n1. The molecule has 1 amide bonds. The Labute approximate surface area is 136 Å². The van der Waals surface area contributed by atoms with Gasteiger partial charge < -0.3 is 9.80 Å². The van der Waals surface area contributed by atoms with Crippen molar-refractivity contribution in [2.75, 3.05) is 31.1 Å². The Hall–Kier alpha value is -1.10. The highest BCUT2D eigenvalue weighted by molar-refractivity contribution is 7.13. The lowest BCUT2D eigenvalue weighted by molar-refractivity contribution is -0.132. The van der Waals surface area contributed by atoms with Crippen LogP contribution < -0.4 is 4.90 Å². The molecule has 0 N–H and O–H groups in total. The number of carbonyl (C=O) groups excluding carboxylic acids is 1. The highest BCUT2D eigenvalue weighted by Gasteiger charge is 2.40. The third-order valence-corrected chi connectivity index (χ3v) is 6.85. The maximum Gasteiger partial charge on any atom is 0.222 e. The van der Waals surface area contributed by atoms with Crippen molar-refractivity contribution in [3.8, 4) is 0 Å². The molecule has 1 aromatic heterocycles. The average Bonchev–Trinajstić information content (AvgIpc) is 3.24. The number of nitrogens with zero attached hydrogens (tertiary/aromatic N) is 3. The maximum atomic E-state index is 12.6. The summed E-state index contributed by atoms with van der Waals surface area (Å²) in [5.74, 6) is 2.87. The maximum absolute atomic E-state index is 12.6. The lowest BCUT2D eigenvalue weighted by Crippen LogP contribution is -2.49. The number of rotatable bonds is 3. The molecule has 1 aromatic rings. The average molecular weight is 319 g/mol. The van der Waals surface area contributed by atoms with Crippen molar-refractivity contribution in [3.63, 3.8) is 0 Å². The first-order valence-corrected chi connectivity index (χ1v) is 9.52. The van der Waals surface area contributed by atoms with Gasteiger partial charge in [-0.2, -0.15) is 0 Å². The highest BCUT2D eigenvalue weighted by Crippen LogP contribution is 2.49. The Morgan fingerprint density at radius 2 is 2.09 bits per heavy atom. The van der Waals surface area contributed by atoms with Crippen molar-refractivity contribution < 1.29 is 4.79 Å². The van der Waals surface area contributed by atoms with E-state index in [9.17, 15) is 4.79 Å². The second-order valence-electron chi connectivity index (χ2n) is 7.28. The van der Waals surface area contributed by atoms with Crippen molar-refractivity contribution in [2.45, 2.75) is 39.0 Å². The van der Waals surface area contributed by atoms with E-state index in [1.165, 1.54) is 25.7 Å². The topological polar surface area (TPSA) is 36.4 Å². The molecule has 0 radical (unpaired) electrons. The van der Waals surface area contributed by atoms with Crippen molar-refractivity contribution in [3.05, 3.63) is 11.1 Å². The minimum Gasteiger partial charge on any atom is -0.345 e. The molecular weight excluding hydrogens is 294 g/mol. The number of carbonyl (C=O) groups is 1. The molecule has 3 atom stereocenters. The Balaban J connectivity index is 1.29. The first-order valence-electron chi connectivity index (χ1n) is 8.64. The zero-order chi connectivity index (χ0) is 15.1. The smallest absolute Gasteiger partial charge is 0.222 e. The molecule has 0 aromatic carbocycles. The number of hydrogen-bond donors (Lipinski definition) is 0. The van der Waals surface area contributed by atoms with Gasteiger partial charge >= 0.3 is 0 Å². The summed E-state index contributed by atoms with van der Waals surface area (Å²) in [5.41, 5.74) is 1.09. The first-order chi connectivity index (χ1) is 10.7. The van der Waals surface area contributed by atoms with E-state index in [0.29, 0.717) is 11.8 Å². The zero-order valence-corrected chi connectivity index (χ0v) is 14.1. The van der Waals surface area contributed by atoms with Crippen LogP contribution in [0.25, 0.3) is 0 Å². The van der Waals surface area contributed by atoms with Gasteiger partial charge in [0.1, 0.15) is 0 Å². The number of anilines is 1. The summed E-state index contributed by atoms with van der Waals surface area (Å²) in [4.78, 5) is 21.5. The van der Waals surface area contributed by atoms with Crippen LogP contribution in [0.4, 0.5) is 5.13 Å². The van der Waals surface area contributed by atoms with Crippen LogP contribution in [0.5, 0.6) is 0 Å². The summed E-state index contributed by atoms with van der Waals surface area (Å²) < 4.78 is 0. The molecule has 0 spiro atoms. The number of hydrogen-bond acceptors (Lipinski definition) is 4. The van der Waals surface area contributed by atoms with Crippen LogP contribution in [0, 0.1) is 24.7 Å². The molecule has 4 rings (SSSR count). The van der Waals surface area contributed by atoms with Gasteiger partial charge in [-0.1, -0.05) is 6.42 Å². The Morgan fingerprint density at radius 3 is 2.68 bits per heavy atom. The lowest BCUT2D eigenvalue weighted by Gasteiger charge is -2.35.